The Bertz CT molecular complexity index is 914. The number of urea groups is 1. The van der Waals surface area contributed by atoms with Crippen LogP contribution < -0.4 is 15.6 Å². The number of hydrazine groups is 1. The molecule has 2 N–H and O–H groups in total. The molecule has 7 heteroatoms. The van der Waals surface area contributed by atoms with E-state index in [1.165, 1.54) is 5.56 Å². The normalized spacial score (nSPS) is 21.2. The second-order valence-corrected chi connectivity index (χ2v) is 6.90. The summed E-state index contributed by atoms with van der Waals surface area (Å²) in [6.45, 7) is 2.44. The summed E-state index contributed by atoms with van der Waals surface area (Å²) in [5.41, 5.74) is 4.11. The summed E-state index contributed by atoms with van der Waals surface area (Å²) in [5, 5.41) is 3.45. The van der Waals surface area contributed by atoms with Crippen LogP contribution in [0.3, 0.4) is 0 Å². The van der Waals surface area contributed by atoms with Crippen molar-refractivity contribution < 1.29 is 14.4 Å². The summed E-state index contributed by atoms with van der Waals surface area (Å²) in [4.78, 5) is 39.6. The molecule has 138 valence electrons. The number of rotatable bonds is 4. The standard InChI is InChI=1S/C20H20N4O3/c1-20(15-8-3-2-4-9-15)18(26)24(19(27)21-20)22-17(25)13-23-12-11-14-7-5-6-10-16(14)23/h2-10H,11-13H2,1H3,(H,21,27)(H,22,25)/t20-/m1/s1. The predicted octanol–water partition coefficient (Wildman–Crippen LogP) is 1.55. The number of fused-ring (bicyclic) bond motifs is 1. The number of anilines is 1. The van der Waals surface area contributed by atoms with Gasteiger partial charge >= 0.3 is 6.03 Å². The van der Waals surface area contributed by atoms with Gasteiger partial charge in [-0.05, 0) is 30.5 Å². The average Bonchev–Trinajstić information content (AvgIpc) is 3.17. The third-order valence-corrected chi connectivity index (χ3v) is 5.10. The quantitative estimate of drug-likeness (QED) is 0.807. The lowest BCUT2D eigenvalue weighted by molar-refractivity contribution is -0.138. The van der Waals surface area contributed by atoms with Gasteiger partial charge in [-0.1, -0.05) is 48.5 Å². The highest BCUT2D eigenvalue weighted by atomic mass is 16.2. The zero-order chi connectivity index (χ0) is 19.0. The molecule has 4 amide bonds. The minimum atomic E-state index is -1.20. The number of amides is 4. The van der Waals surface area contributed by atoms with E-state index < -0.39 is 23.4 Å². The topological polar surface area (TPSA) is 81.8 Å². The number of imide groups is 1. The van der Waals surface area contributed by atoms with Crippen LogP contribution in [0, 0.1) is 0 Å². The number of carbonyl (C=O) groups is 3. The van der Waals surface area contributed by atoms with E-state index in [1.807, 2.05) is 35.2 Å². The molecule has 1 atom stereocenters. The maximum atomic E-state index is 12.8. The molecule has 0 radical (unpaired) electrons. The fourth-order valence-corrected chi connectivity index (χ4v) is 3.61. The van der Waals surface area contributed by atoms with Crippen molar-refractivity contribution >= 4 is 23.5 Å². The van der Waals surface area contributed by atoms with Gasteiger partial charge in [-0.2, -0.15) is 5.01 Å². The minimum Gasteiger partial charge on any atom is -0.362 e. The third kappa shape index (κ3) is 2.91. The predicted molar refractivity (Wildman–Crippen MR) is 99.7 cm³/mol. The molecule has 7 nitrogen and oxygen atoms in total. The van der Waals surface area contributed by atoms with Crippen molar-refractivity contribution in [3.63, 3.8) is 0 Å². The van der Waals surface area contributed by atoms with Crippen molar-refractivity contribution in [3.8, 4) is 0 Å². The molecule has 2 aliphatic heterocycles. The Kier molecular flexibility index (Phi) is 4.07. The van der Waals surface area contributed by atoms with E-state index in [2.05, 4.69) is 10.7 Å². The van der Waals surface area contributed by atoms with Gasteiger partial charge in [0.1, 0.15) is 5.54 Å². The first-order valence-corrected chi connectivity index (χ1v) is 8.83. The summed E-state index contributed by atoms with van der Waals surface area (Å²) in [6, 6.07) is 16.2. The maximum absolute atomic E-state index is 12.8. The van der Waals surface area contributed by atoms with Crippen LogP contribution in [0.25, 0.3) is 0 Å². The molecule has 0 saturated carbocycles. The molecular formula is C20H20N4O3. The SMILES string of the molecule is C[C@]1(c2ccccc2)NC(=O)N(NC(=O)CN2CCc3ccccc32)C1=O. The number of hydrogen-bond acceptors (Lipinski definition) is 4. The van der Waals surface area contributed by atoms with Crippen LogP contribution in [0.4, 0.5) is 10.5 Å². The number of nitrogens with one attached hydrogen (secondary N) is 2. The monoisotopic (exact) mass is 364 g/mol. The van der Waals surface area contributed by atoms with E-state index in [9.17, 15) is 14.4 Å². The Morgan fingerprint density at radius 3 is 2.59 bits per heavy atom. The number of para-hydroxylation sites is 1. The van der Waals surface area contributed by atoms with Gasteiger partial charge in [0.25, 0.3) is 11.8 Å². The minimum absolute atomic E-state index is 0.0795. The maximum Gasteiger partial charge on any atom is 0.344 e. The van der Waals surface area contributed by atoms with E-state index in [4.69, 9.17) is 0 Å². The van der Waals surface area contributed by atoms with Crippen molar-refractivity contribution in [1.82, 2.24) is 15.8 Å². The second-order valence-electron chi connectivity index (χ2n) is 6.90. The van der Waals surface area contributed by atoms with Crippen LogP contribution in [0.2, 0.25) is 0 Å². The fourth-order valence-electron chi connectivity index (χ4n) is 3.61. The van der Waals surface area contributed by atoms with Crippen LogP contribution in [0.1, 0.15) is 18.1 Å². The molecule has 4 rings (SSSR count). The van der Waals surface area contributed by atoms with Crippen LogP contribution >= 0.6 is 0 Å². The Balaban J connectivity index is 1.46. The van der Waals surface area contributed by atoms with E-state index in [0.717, 1.165) is 23.7 Å². The summed E-state index contributed by atoms with van der Waals surface area (Å²) in [7, 11) is 0. The van der Waals surface area contributed by atoms with Crippen LogP contribution in [0.5, 0.6) is 0 Å². The molecular weight excluding hydrogens is 344 g/mol. The highest BCUT2D eigenvalue weighted by Crippen LogP contribution is 2.28. The van der Waals surface area contributed by atoms with Crippen molar-refractivity contribution in [3.05, 3.63) is 65.7 Å². The summed E-state index contributed by atoms with van der Waals surface area (Å²) < 4.78 is 0. The zero-order valence-electron chi connectivity index (χ0n) is 14.9. The lowest BCUT2D eigenvalue weighted by atomic mass is 9.92. The van der Waals surface area contributed by atoms with Gasteiger partial charge in [0.2, 0.25) is 0 Å². The third-order valence-electron chi connectivity index (χ3n) is 5.10. The number of nitrogens with zero attached hydrogens (tertiary/aromatic N) is 2. The molecule has 1 fully saturated rings. The first-order chi connectivity index (χ1) is 13.0. The fraction of sp³-hybridized carbons (Fsp3) is 0.250. The number of carbonyl (C=O) groups excluding carboxylic acids is 3. The first-order valence-electron chi connectivity index (χ1n) is 8.83. The molecule has 2 heterocycles. The van der Waals surface area contributed by atoms with Crippen molar-refractivity contribution in [2.75, 3.05) is 18.0 Å². The van der Waals surface area contributed by atoms with Gasteiger partial charge in [-0.15, -0.1) is 0 Å². The molecule has 2 aromatic carbocycles. The molecule has 2 aromatic rings. The molecule has 0 spiro atoms. The smallest absolute Gasteiger partial charge is 0.344 e. The Morgan fingerprint density at radius 1 is 1.11 bits per heavy atom. The largest absolute Gasteiger partial charge is 0.362 e. The summed E-state index contributed by atoms with van der Waals surface area (Å²) in [6.07, 6.45) is 0.874. The molecule has 2 aliphatic rings. The summed E-state index contributed by atoms with van der Waals surface area (Å²) in [5.74, 6) is -0.915. The van der Waals surface area contributed by atoms with Gasteiger partial charge in [0, 0.05) is 12.2 Å². The van der Waals surface area contributed by atoms with E-state index in [-0.39, 0.29) is 6.54 Å². The molecule has 0 aromatic heterocycles. The van der Waals surface area contributed by atoms with E-state index >= 15 is 0 Å². The van der Waals surface area contributed by atoms with E-state index in [0.29, 0.717) is 5.56 Å². The van der Waals surface area contributed by atoms with Crippen LogP contribution in [-0.2, 0) is 21.5 Å². The van der Waals surface area contributed by atoms with Gasteiger partial charge in [0.05, 0.1) is 6.54 Å². The zero-order valence-corrected chi connectivity index (χ0v) is 14.9. The van der Waals surface area contributed by atoms with Crippen molar-refractivity contribution in [1.29, 1.82) is 0 Å². The summed E-state index contributed by atoms with van der Waals surface area (Å²) >= 11 is 0. The highest BCUT2D eigenvalue weighted by Gasteiger charge is 2.50. The van der Waals surface area contributed by atoms with Crippen molar-refractivity contribution in [2.45, 2.75) is 18.9 Å². The first kappa shape index (κ1) is 17.1. The Labute approximate surface area is 156 Å². The van der Waals surface area contributed by atoms with Gasteiger partial charge in [-0.25, -0.2) is 4.79 Å². The van der Waals surface area contributed by atoms with Gasteiger partial charge in [0.15, 0.2) is 0 Å². The van der Waals surface area contributed by atoms with Crippen LogP contribution in [-0.4, -0.2) is 35.9 Å². The van der Waals surface area contributed by atoms with E-state index in [1.54, 1.807) is 31.2 Å². The highest BCUT2D eigenvalue weighted by molar-refractivity contribution is 6.08. The van der Waals surface area contributed by atoms with Gasteiger partial charge < -0.3 is 10.2 Å². The molecule has 1 saturated heterocycles. The van der Waals surface area contributed by atoms with Crippen LogP contribution in [0.15, 0.2) is 54.6 Å². The Morgan fingerprint density at radius 2 is 1.81 bits per heavy atom. The lowest BCUT2D eigenvalue weighted by Gasteiger charge is -2.23. The molecule has 0 aliphatic carbocycles. The van der Waals surface area contributed by atoms with Crippen molar-refractivity contribution in [2.24, 2.45) is 0 Å². The second kappa shape index (κ2) is 6.42. The lowest BCUT2D eigenvalue weighted by Crippen LogP contribution is -2.50. The average molecular weight is 364 g/mol. The number of benzene rings is 2. The Hall–Kier alpha value is -3.35. The van der Waals surface area contributed by atoms with Gasteiger partial charge in [-0.3, -0.25) is 15.0 Å². The number of hydrogen-bond donors (Lipinski definition) is 2. The molecule has 0 unspecified atom stereocenters. The molecule has 0 bridgehead atoms. The molecule has 27 heavy (non-hydrogen) atoms.